The Labute approximate surface area is 110 Å². The molecule has 0 aromatic heterocycles. The molecular weight excluding hydrogens is 288 g/mol. The fourth-order valence-corrected chi connectivity index (χ4v) is 2.52. The SMILES string of the molecule is Clc1ccc(Br)c(NC2CCCNCC2)c1. The molecule has 4 heteroatoms. The van der Waals surface area contributed by atoms with Gasteiger partial charge in [0.15, 0.2) is 0 Å². The van der Waals surface area contributed by atoms with E-state index < -0.39 is 0 Å². The highest BCUT2D eigenvalue weighted by Gasteiger charge is 2.12. The maximum Gasteiger partial charge on any atom is 0.0501 e. The number of hydrogen-bond acceptors (Lipinski definition) is 2. The third-order valence-electron chi connectivity index (χ3n) is 2.86. The Kier molecular flexibility index (Phi) is 4.50. The van der Waals surface area contributed by atoms with Gasteiger partial charge < -0.3 is 10.6 Å². The van der Waals surface area contributed by atoms with Gasteiger partial charge in [0, 0.05) is 15.5 Å². The van der Waals surface area contributed by atoms with Crippen LogP contribution in [0.5, 0.6) is 0 Å². The van der Waals surface area contributed by atoms with Crippen molar-refractivity contribution >= 4 is 33.2 Å². The minimum atomic E-state index is 0.546. The first kappa shape index (κ1) is 12.2. The van der Waals surface area contributed by atoms with E-state index in [9.17, 15) is 0 Å². The molecule has 1 aliphatic rings. The van der Waals surface area contributed by atoms with Crippen molar-refractivity contribution in [2.75, 3.05) is 18.4 Å². The second kappa shape index (κ2) is 5.89. The van der Waals surface area contributed by atoms with Crippen molar-refractivity contribution in [2.24, 2.45) is 0 Å². The van der Waals surface area contributed by atoms with E-state index in [1.54, 1.807) is 0 Å². The minimum absolute atomic E-state index is 0.546. The summed E-state index contributed by atoms with van der Waals surface area (Å²) in [6.07, 6.45) is 3.61. The summed E-state index contributed by atoms with van der Waals surface area (Å²) >= 11 is 9.53. The average Bonchev–Trinajstić information content (AvgIpc) is 2.52. The molecule has 2 rings (SSSR count). The normalized spacial score (nSPS) is 21.5. The molecule has 1 aromatic carbocycles. The van der Waals surface area contributed by atoms with Crippen molar-refractivity contribution in [1.29, 1.82) is 0 Å². The first-order chi connectivity index (χ1) is 7.75. The Morgan fingerprint density at radius 2 is 2.19 bits per heavy atom. The fourth-order valence-electron chi connectivity index (χ4n) is 1.99. The highest BCUT2D eigenvalue weighted by molar-refractivity contribution is 9.10. The van der Waals surface area contributed by atoms with Crippen LogP contribution in [0.15, 0.2) is 22.7 Å². The number of hydrogen-bond donors (Lipinski definition) is 2. The summed E-state index contributed by atoms with van der Waals surface area (Å²) in [6, 6.07) is 6.40. The zero-order valence-corrected chi connectivity index (χ0v) is 11.4. The molecule has 0 spiro atoms. The highest BCUT2D eigenvalue weighted by Crippen LogP contribution is 2.27. The van der Waals surface area contributed by atoms with Crippen LogP contribution in [0.2, 0.25) is 5.02 Å². The molecular formula is C12H16BrClN2. The van der Waals surface area contributed by atoms with E-state index in [0.29, 0.717) is 6.04 Å². The Balaban J connectivity index is 2.04. The average molecular weight is 304 g/mol. The van der Waals surface area contributed by atoms with Crippen LogP contribution in [0.3, 0.4) is 0 Å². The number of nitrogens with one attached hydrogen (secondary N) is 2. The lowest BCUT2D eigenvalue weighted by atomic mass is 10.1. The van der Waals surface area contributed by atoms with E-state index in [1.165, 1.54) is 19.3 Å². The van der Waals surface area contributed by atoms with Gasteiger partial charge in [-0.15, -0.1) is 0 Å². The van der Waals surface area contributed by atoms with Crippen LogP contribution >= 0.6 is 27.5 Å². The van der Waals surface area contributed by atoms with Crippen LogP contribution in [0, 0.1) is 0 Å². The van der Waals surface area contributed by atoms with E-state index in [1.807, 2.05) is 18.2 Å². The molecule has 1 unspecified atom stereocenters. The van der Waals surface area contributed by atoms with E-state index in [2.05, 4.69) is 26.6 Å². The molecule has 2 N–H and O–H groups in total. The molecule has 0 amide bonds. The van der Waals surface area contributed by atoms with Crippen molar-refractivity contribution in [2.45, 2.75) is 25.3 Å². The first-order valence-corrected chi connectivity index (χ1v) is 6.85. The van der Waals surface area contributed by atoms with Crippen molar-refractivity contribution < 1.29 is 0 Å². The van der Waals surface area contributed by atoms with Crippen LogP contribution in [-0.4, -0.2) is 19.1 Å². The Morgan fingerprint density at radius 1 is 1.31 bits per heavy atom. The van der Waals surface area contributed by atoms with Crippen molar-refractivity contribution in [3.8, 4) is 0 Å². The standard InChI is InChI=1S/C12H16BrClN2/c13-11-4-3-9(14)8-12(11)16-10-2-1-6-15-7-5-10/h3-4,8,10,15-16H,1-2,5-7H2. The zero-order chi connectivity index (χ0) is 11.4. The van der Waals surface area contributed by atoms with Gasteiger partial charge >= 0.3 is 0 Å². The summed E-state index contributed by atoms with van der Waals surface area (Å²) in [5.41, 5.74) is 1.10. The molecule has 0 aliphatic carbocycles. The summed E-state index contributed by atoms with van der Waals surface area (Å²) in [5, 5.41) is 7.75. The Hall–Kier alpha value is -0.250. The number of rotatable bonds is 2. The molecule has 1 fully saturated rings. The second-order valence-corrected chi connectivity index (χ2v) is 5.44. The van der Waals surface area contributed by atoms with Gasteiger partial charge in [-0.3, -0.25) is 0 Å². The Bertz CT molecular complexity index is 349. The molecule has 0 bridgehead atoms. The number of benzene rings is 1. The third-order valence-corrected chi connectivity index (χ3v) is 3.79. The maximum absolute atomic E-state index is 5.99. The van der Waals surface area contributed by atoms with Gasteiger partial charge in [-0.25, -0.2) is 0 Å². The number of anilines is 1. The van der Waals surface area contributed by atoms with Gasteiger partial charge in [-0.2, -0.15) is 0 Å². The quantitative estimate of drug-likeness (QED) is 0.871. The lowest BCUT2D eigenvalue weighted by Gasteiger charge is -2.18. The van der Waals surface area contributed by atoms with Gasteiger partial charge in [0.05, 0.1) is 5.69 Å². The molecule has 1 heterocycles. The number of halogens is 2. The van der Waals surface area contributed by atoms with Crippen LogP contribution < -0.4 is 10.6 Å². The fraction of sp³-hybridized carbons (Fsp3) is 0.500. The lowest BCUT2D eigenvalue weighted by molar-refractivity contribution is 0.637. The van der Waals surface area contributed by atoms with E-state index in [0.717, 1.165) is 28.3 Å². The Morgan fingerprint density at radius 3 is 3.06 bits per heavy atom. The van der Waals surface area contributed by atoms with Crippen LogP contribution in [0.25, 0.3) is 0 Å². The zero-order valence-electron chi connectivity index (χ0n) is 9.10. The van der Waals surface area contributed by atoms with Crippen molar-refractivity contribution in [1.82, 2.24) is 5.32 Å². The third kappa shape index (κ3) is 3.37. The molecule has 88 valence electrons. The van der Waals surface area contributed by atoms with Crippen LogP contribution in [0.1, 0.15) is 19.3 Å². The molecule has 1 aliphatic heterocycles. The minimum Gasteiger partial charge on any atom is -0.381 e. The van der Waals surface area contributed by atoms with E-state index in [4.69, 9.17) is 11.6 Å². The van der Waals surface area contributed by atoms with Gasteiger partial charge in [-0.05, 0) is 66.5 Å². The van der Waals surface area contributed by atoms with Gasteiger partial charge in [0.2, 0.25) is 0 Å². The smallest absolute Gasteiger partial charge is 0.0501 e. The summed E-state index contributed by atoms with van der Waals surface area (Å²) in [7, 11) is 0. The highest BCUT2D eigenvalue weighted by atomic mass is 79.9. The molecule has 1 atom stereocenters. The lowest BCUT2D eigenvalue weighted by Crippen LogP contribution is -2.21. The topological polar surface area (TPSA) is 24.1 Å². The first-order valence-electron chi connectivity index (χ1n) is 5.68. The molecule has 1 saturated heterocycles. The monoisotopic (exact) mass is 302 g/mol. The molecule has 0 saturated carbocycles. The maximum atomic E-state index is 5.99. The van der Waals surface area contributed by atoms with Crippen LogP contribution in [-0.2, 0) is 0 Å². The van der Waals surface area contributed by atoms with Gasteiger partial charge in [0.1, 0.15) is 0 Å². The van der Waals surface area contributed by atoms with Crippen molar-refractivity contribution in [3.63, 3.8) is 0 Å². The molecule has 0 radical (unpaired) electrons. The molecule has 16 heavy (non-hydrogen) atoms. The summed E-state index contributed by atoms with van der Waals surface area (Å²) in [5.74, 6) is 0. The van der Waals surface area contributed by atoms with Crippen LogP contribution in [0.4, 0.5) is 5.69 Å². The molecule has 2 nitrogen and oxygen atoms in total. The van der Waals surface area contributed by atoms with Gasteiger partial charge in [-0.1, -0.05) is 11.6 Å². The van der Waals surface area contributed by atoms with Crippen molar-refractivity contribution in [3.05, 3.63) is 27.7 Å². The largest absolute Gasteiger partial charge is 0.381 e. The summed E-state index contributed by atoms with van der Waals surface area (Å²) in [6.45, 7) is 2.23. The van der Waals surface area contributed by atoms with E-state index in [-0.39, 0.29) is 0 Å². The second-order valence-electron chi connectivity index (χ2n) is 4.15. The predicted molar refractivity (Wildman–Crippen MR) is 73.3 cm³/mol. The summed E-state index contributed by atoms with van der Waals surface area (Å²) < 4.78 is 1.08. The van der Waals surface area contributed by atoms with Gasteiger partial charge in [0.25, 0.3) is 0 Å². The predicted octanol–water partition coefficient (Wildman–Crippen LogP) is 3.66. The summed E-state index contributed by atoms with van der Waals surface area (Å²) in [4.78, 5) is 0. The molecule has 1 aromatic rings. The van der Waals surface area contributed by atoms with E-state index >= 15 is 0 Å².